The van der Waals surface area contributed by atoms with Crippen LogP contribution in [-0.2, 0) is 6.42 Å². The Hall–Kier alpha value is -1.77. The molecular weight excluding hydrogens is 197 g/mol. The summed E-state index contributed by atoms with van der Waals surface area (Å²) in [6.45, 7) is 0. The van der Waals surface area contributed by atoms with Gasteiger partial charge < -0.3 is 5.11 Å². The van der Waals surface area contributed by atoms with E-state index < -0.39 is 35.7 Å². The SMILES string of the molecule is N#CCc1c(C(F)F)ncc(O)c1F. The van der Waals surface area contributed by atoms with Gasteiger partial charge in [0.1, 0.15) is 5.69 Å². The van der Waals surface area contributed by atoms with Crippen molar-refractivity contribution >= 4 is 0 Å². The van der Waals surface area contributed by atoms with Crippen molar-refractivity contribution in [1.29, 1.82) is 5.26 Å². The first-order chi connectivity index (χ1) is 6.57. The number of alkyl halides is 2. The summed E-state index contributed by atoms with van der Waals surface area (Å²) in [5.74, 6) is -2.04. The molecule has 0 spiro atoms. The van der Waals surface area contributed by atoms with Crippen molar-refractivity contribution in [3.8, 4) is 11.8 Å². The average molecular weight is 202 g/mol. The van der Waals surface area contributed by atoms with Gasteiger partial charge in [0, 0.05) is 5.56 Å². The molecule has 1 N–H and O–H groups in total. The molecule has 0 fully saturated rings. The topological polar surface area (TPSA) is 56.9 Å². The highest BCUT2D eigenvalue weighted by Crippen LogP contribution is 2.27. The van der Waals surface area contributed by atoms with Crippen molar-refractivity contribution in [3.63, 3.8) is 0 Å². The molecule has 0 aliphatic rings. The molecule has 74 valence electrons. The summed E-state index contributed by atoms with van der Waals surface area (Å²) < 4.78 is 37.5. The van der Waals surface area contributed by atoms with E-state index in [-0.39, 0.29) is 0 Å². The summed E-state index contributed by atoms with van der Waals surface area (Å²) in [4.78, 5) is 3.17. The highest BCUT2D eigenvalue weighted by Gasteiger charge is 2.20. The second-order valence-corrected chi connectivity index (χ2v) is 2.46. The van der Waals surface area contributed by atoms with Gasteiger partial charge in [-0.3, -0.25) is 4.98 Å². The molecule has 0 saturated carbocycles. The summed E-state index contributed by atoms with van der Waals surface area (Å²) in [5, 5.41) is 17.1. The van der Waals surface area contributed by atoms with Crippen LogP contribution >= 0.6 is 0 Å². The molecule has 1 heterocycles. The van der Waals surface area contributed by atoms with Crippen LogP contribution in [0, 0.1) is 17.1 Å². The number of rotatable bonds is 2. The Morgan fingerprint density at radius 3 is 2.71 bits per heavy atom. The summed E-state index contributed by atoms with van der Waals surface area (Å²) in [6, 6.07) is 1.52. The molecule has 3 nitrogen and oxygen atoms in total. The van der Waals surface area contributed by atoms with Crippen LogP contribution in [0.3, 0.4) is 0 Å². The minimum absolute atomic E-state index is 0.549. The summed E-state index contributed by atoms with van der Waals surface area (Å²) in [7, 11) is 0. The van der Waals surface area contributed by atoms with E-state index in [4.69, 9.17) is 10.4 Å². The molecule has 0 unspecified atom stereocenters. The Morgan fingerprint density at radius 2 is 2.21 bits per heavy atom. The van der Waals surface area contributed by atoms with E-state index in [0.29, 0.717) is 6.20 Å². The smallest absolute Gasteiger partial charge is 0.280 e. The van der Waals surface area contributed by atoms with Crippen LogP contribution in [-0.4, -0.2) is 10.1 Å². The monoisotopic (exact) mass is 202 g/mol. The first-order valence-electron chi connectivity index (χ1n) is 3.59. The van der Waals surface area contributed by atoms with Crippen LogP contribution in [0.4, 0.5) is 13.2 Å². The highest BCUT2D eigenvalue weighted by atomic mass is 19.3. The fraction of sp³-hybridized carbons (Fsp3) is 0.250. The molecule has 0 aliphatic heterocycles. The Morgan fingerprint density at radius 1 is 1.57 bits per heavy atom. The van der Waals surface area contributed by atoms with Crippen LogP contribution in [0.15, 0.2) is 6.20 Å². The molecule has 0 radical (unpaired) electrons. The number of aromatic nitrogens is 1. The van der Waals surface area contributed by atoms with Crippen LogP contribution < -0.4 is 0 Å². The lowest BCUT2D eigenvalue weighted by Gasteiger charge is -2.06. The van der Waals surface area contributed by atoms with Crippen molar-refractivity contribution in [1.82, 2.24) is 4.98 Å². The molecule has 1 rings (SSSR count). The molecule has 0 atom stereocenters. The van der Waals surface area contributed by atoms with Crippen LogP contribution in [0.5, 0.6) is 5.75 Å². The maximum atomic E-state index is 13.0. The molecule has 0 amide bonds. The standard InChI is InChI=1S/C8H5F3N2O/c9-6-4(1-2-12)7(8(10)11)13-3-5(6)14/h3,8,14H,1H2. The van der Waals surface area contributed by atoms with Gasteiger partial charge in [0.25, 0.3) is 6.43 Å². The average Bonchev–Trinajstić information content (AvgIpc) is 2.13. The number of pyridine rings is 1. The van der Waals surface area contributed by atoms with Crippen molar-refractivity contribution in [2.75, 3.05) is 0 Å². The van der Waals surface area contributed by atoms with Gasteiger partial charge in [-0.2, -0.15) is 5.26 Å². The fourth-order valence-electron chi connectivity index (χ4n) is 0.968. The third kappa shape index (κ3) is 1.76. The normalized spacial score (nSPS) is 10.2. The van der Waals surface area contributed by atoms with Gasteiger partial charge >= 0.3 is 0 Å². The molecule has 1 aromatic heterocycles. The van der Waals surface area contributed by atoms with Crippen molar-refractivity contribution < 1.29 is 18.3 Å². The summed E-state index contributed by atoms with van der Waals surface area (Å²) in [5.41, 5.74) is -1.36. The predicted octanol–water partition coefficient (Wildman–Crippen LogP) is 1.93. The quantitative estimate of drug-likeness (QED) is 0.797. The van der Waals surface area contributed by atoms with E-state index in [1.165, 1.54) is 6.07 Å². The van der Waals surface area contributed by atoms with Gasteiger partial charge in [-0.25, -0.2) is 13.2 Å². The Kier molecular flexibility index (Phi) is 2.92. The maximum absolute atomic E-state index is 13.0. The lowest BCUT2D eigenvalue weighted by atomic mass is 10.1. The minimum Gasteiger partial charge on any atom is -0.504 e. The van der Waals surface area contributed by atoms with E-state index in [2.05, 4.69) is 4.98 Å². The third-order valence-corrected chi connectivity index (χ3v) is 1.59. The number of halogens is 3. The first kappa shape index (κ1) is 10.3. The van der Waals surface area contributed by atoms with Gasteiger partial charge in [0.2, 0.25) is 0 Å². The van der Waals surface area contributed by atoms with Gasteiger partial charge in [-0.1, -0.05) is 0 Å². The second-order valence-electron chi connectivity index (χ2n) is 2.46. The van der Waals surface area contributed by atoms with E-state index >= 15 is 0 Å². The van der Waals surface area contributed by atoms with Crippen molar-refractivity contribution in [2.24, 2.45) is 0 Å². The van der Waals surface area contributed by atoms with Crippen LogP contribution in [0.1, 0.15) is 17.7 Å². The molecular formula is C8H5F3N2O. The zero-order valence-corrected chi connectivity index (χ0v) is 6.84. The Bertz CT molecular complexity index is 387. The first-order valence-corrected chi connectivity index (χ1v) is 3.59. The number of hydrogen-bond acceptors (Lipinski definition) is 3. The van der Waals surface area contributed by atoms with E-state index in [1.807, 2.05) is 0 Å². The van der Waals surface area contributed by atoms with Crippen LogP contribution in [0.2, 0.25) is 0 Å². The highest BCUT2D eigenvalue weighted by molar-refractivity contribution is 5.33. The largest absolute Gasteiger partial charge is 0.504 e. The molecule has 6 heteroatoms. The second kappa shape index (κ2) is 3.96. The molecule has 0 bridgehead atoms. The van der Waals surface area contributed by atoms with Gasteiger partial charge in [-0.05, 0) is 0 Å². The zero-order chi connectivity index (χ0) is 10.7. The number of nitrogens with zero attached hydrogens (tertiary/aromatic N) is 2. The molecule has 0 saturated heterocycles. The van der Waals surface area contributed by atoms with Gasteiger partial charge in [-0.15, -0.1) is 0 Å². The van der Waals surface area contributed by atoms with E-state index in [9.17, 15) is 13.2 Å². The predicted molar refractivity (Wildman–Crippen MR) is 40.1 cm³/mol. The number of nitriles is 1. The minimum atomic E-state index is -2.96. The molecule has 1 aromatic rings. The van der Waals surface area contributed by atoms with Crippen LogP contribution in [0.25, 0.3) is 0 Å². The third-order valence-electron chi connectivity index (χ3n) is 1.59. The Labute approximate surface area is 77.4 Å². The molecule has 0 aromatic carbocycles. The van der Waals surface area contributed by atoms with Crippen molar-refractivity contribution in [3.05, 3.63) is 23.3 Å². The van der Waals surface area contributed by atoms with Gasteiger partial charge in [0.15, 0.2) is 11.6 Å². The fourth-order valence-corrected chi connectivity index (χ4v) is 0.968. The lowest BCUT2D eigenvalue weighted by molar-refractivity contribution is 0.144. The van der Waals surface area contributed by atoms with E-state index in [0.717, 1.165) is 0 Å². The Balaban J connectivity index is 3.31. The van der Waals surface area contributed by atoms with E-state index in [1.54, 1.807) is 0 Å². The summed E-state index contributed by atoms with van der Waals surface area (Å²) in [6.07, 6.45) is -2.92. The molecule has 14 heavy (non-hydrogen) atoms. The molecule has 0 aliphatic carbocycles. The zero-order valence-electron chi connectivity index (χ0n) is 6.84. The summed E-state index contributed by atoms with van der Waals surface area (Å²) >= 11 is 0. The van der Waals surface area contributed by atoms with Gasteiger partial charge in [0.05, 0.1) is 18.7 Å². The number of aromatic hydroxyl groups is 1. The number of hydrogen-bond donors (Lipinski definition) is 1. The lowest BCUT2D eigenvalue weighted by Crippen LogP contribution is -2.01. The van der Waals surface area contributed by atoms with Crippen molar-refractivity contribution in [2.45, 2.75) is 12.8 Å². The maximum Gasteiger partial charge on any atom is 0.280 e.